The van der Waals surface area contributed by atoms with Gasteiger partial charge in [0.25, 0.3) is 0 Å². The number of hydrogen-bond donors (Lipinski definition) is 1. The maximum atomic E-state index is 13.2. The molecule has 5 atom stereocenters. The molecule has 0 aromatic heterocycles. The van der Waals surface area contributed by atoms with Crippen molar-refractivity contribution in [2.75, 3.05) is 13.2 Å². The minimum atomic E-state index is -0.598. The summed E-state index contributed by atoms with van der Waals surface area (Å²) >= 11 is 0. The quantitative estimate of drug-likeness (QED) is 0.430. The lowest BCUT2D eigenvalue weighted by atomic mass is 9.45. The molecule has 4 aliphatic heterocycles. The summed E-state index contributed by atoms with van der Waals surface area (Å²) in [4.78, 5) is 13.2. The number of rotatable bonds is 3. The molecule has 4 heteroatoms. The Kier molecular flexibility index (Phi) is 5.26. The topological polar surface area (TPSA) is 55.8 Å². The van der Waals surface area contributed by atoms with E-state index in [1.54, 1.807) is 11.1 Å². The van der Waals surface area contributed by atoms with Crippen LogP contribution in [0, 0.1) is 34.0 Å². The van der Waals surface area contributed by atoms with E-state index in [9.17, 15) is 9.90 Å². The standard InChI is InChI=1S/C36H40O4/c1-34(2,35-16-15-24(20-35)31-22-7-11-26(12-8-22)39-17-3-5-28(31)35)36-21-25(19-30(36)33(37)38)32-23-9-13-27(14-10-23)40-18-4-6-29(32)36/h7-14,24-25,30H,3-6,15-21H2,1-2H3,(H,37,38). The Morgan fingerprint density at radius 1 is 0.825 bits per heavy atom. The summed E-state index contributed by atoms with van der Waals surface area (Å²) in [6.07, 6.45) is 9.18. The number of carbonyl (C=O) groups is 1. The van der Waals surface area contributed by atoms with E-state index in [2.05, 4.69) is 62.4 Å². The van der Waals surface area contributed by atoms with E-state index in [1.165, 1.54) is 35.1 Å². The molecule has 0 radical (unpaired) electrons. The van der Waals surface area contributed by atoms with Crippen LogP contribution < -0.4 is 9.47 Å². The molecule has 2 aromatic carbocycles. The summed E-state index contributed by atoms with van der Waals surface area (Å²) in [6.45, 7) is 6.37. The van der Waals surface area contributed by atoms with Crippen molar-refractivity contribution in [1.29, 1.82) is 0 Å². The summed E-state index contributed by atoms with van der Waals surface area (Å²) in [6, 6.07) is 17.5. The lowest BCUT2D eigenvalue weighted by Crippen LogP contribution is -2.54. The number of allylic oxidation sites excluding steroid dienone is 4. The molecule has 2 saturated carbocycles. The molecule has 8 bridgehead atoms. The van der Waals surface area contributed by atoms with Crippen LogP contribution in [-0.4, -0.2) is 24.3 Å². The number of aliphatic carboxylic acids is 1. The van der Waals surface area contributed by atoms with Crippen LogP contribution in [0.1, 0.15) is 82.8 Å². The highest BCUT2D eigenvalue weighted by Crippen LogP contribution is 2.79. The average Bonchev–Trinajstić information content (AvgIpc) is 3.74. The van der Waals surface area contributed by atoms with Crippen LogP contribution in [-0.2, 0) is 4.79 Å². The summed E-state index contributed by atoms with van der Waals surface area (Å²) in [5.41, 5.74) is 8.19. The van der Waals surface area contributed by atoms with Gasteiger partial charge in [0.15, 0.2) is 0 Å². The third-order valence-corrected chi connectivity index (χ3v) is 12.4. The second-order valence-corrected chi connectivity index (χ2v) is 13.9. The first-order valence-electron chi connectivity index (χ1n) is 15.5. The van der Waals surface area contributed by atoms with Crippen molar-refractivity contribution in [3.05, 3.63) is 70.8 Å². The van der Waals surface area contributed by atoms with Gasteiger partial charge in [-0.1, -0.05) is 49.3 Å². The summed E-state index contributed by atoms with van der Waals surface area (Å²) in [5, 5.41) is 10.9. The number of hydrogen-bond acceptors (Lipinski definition) is 3. The zero-order valence-corrected chi connectivity index (χ0v) is 23.8. The minimum absolute atomic E-state index is 0.00554. The zero-order chi connectivity index (χ0) is 27.3. The Morgan fingerprint density at radius 2 is 1.40 bits per heavy atom. The molecule has 2 fully saturated rings. The van der Waals surface area contributed by atoms with Crippen molar-refractivity contribution >= 4 is 17.1 Å². The summed E-state index contributed by atoms with van der Waals surface area (Å²) in [5.74, 6) is 1.84. The SMILES string of the molecule is CC(C)(C12CCC(C1)C1=C2CCCOc2ccc1cc2)C12CC(CC1C(=O)O)C1=C2CCCOc2ccc1cc2. The maximum Gasteiger partial charge on any atom is 0.307 e. The van der Waals surface area contributed by atoms with E-state index in [-0.39, 0.29) is 22.2 Å². The molecule has 10 rings (SSSR count). The first-order chi connectivity index (χ1) is 19.4. The van der Waals surface area contributed by atoms with Crippen LogP contribution >= 0.6 is 0 Å². The predicted octanol–water partition coefficient (Wildman–Crippen LogP) is 8.18. The van der Waals surface area contributed by atoms with Gasteiger partial charge in [-0.15, -0.1) is 0 Å². The summed E-state index contributed by atoms with van der Waals surface area (Å²) in [7, 11) is 0. The van der Waals surface area contributed by atoms with Crippen molar-refractivity contribution in [1.82, 2.24) is 0 Å². The molecular weight excluding hydrogens is 496 g/mol. The van der Waals surface area contributed by atoms with Crippen LogP contribution in [0.4, 0.5) is 0 Å². The fourth-order valence-electron chi connectivity index (χ4n) is 10.9. The molecule has 2 aromatic rings. The van der Waals surface area contributed by atoms with Crippen LogP contribution in [0.2, 0.25) is 0 Å². The molecular formula is C36H40O4. The fraction of sp³-hybridized carbons (Fsp3) is 0.528. The number of fused-ring (bicyclic) bond motifs is 14. The lowest BCUT2D eigenvalue weighted by molar-refractivity contribution is -0.151. The van der Waals surface area contributed by atoms with E-state index in [0.717, 1.165) is 63.1 Å². The molecule has 4 nitrogen and oxygen atoms in total. The Bertz CT molecular complexity index is 1440. The van der Waals surface area contributed by atoms with Gasteiger partial charge in [-0.2, -0.15) is 0 Å². The molecule has 208 valence electrons. The highest BCUT2D eigenvalue weighted by atomic mass is 16.5. The van der Waals surface area contributed by atoms with Gasteiger partial charge in [0.2, 0.25) is 0 Å². The lowest BCUT2D eigenvalue weighted by Gasteiger charge is -2.58. The van der Waals surface area contributed by atoms with Crippen molar-refractivity contribution in [3.8, 4) is 11.5 Å². The third kappa shape index (κ3) is 3.06. The van der Waals surface area contributed by atoms with Crippen molar-refractivity contribution in [2.24, 2.45) is 34.0 Å². The molecule has 5 unspecified atom stereocenters. The fourth-order valence-corrected chi connectivity index (χ4v) is 10.9. The summed E-state index contributed by atoms with van der Waals surface area (Å²) < 4.78 is 12.2. The first-order valence-corrected chi connectivity index (χ1v) is 15.5. The van der Waals surface area contributed by atoms with Gasteiger partial charge < -0.3 is 14.6 Å². The molecule has 0 saturated heterocycles. The predicted molar refractivity (Wildman–Crippen MR) is 156 cm³/mol. The van der Waals surface area contributed by atoms with Gasteiger partial charge in [0, 0.05) is 5.41 Å². The molecule has 0 spiro atoms. The highest BCUT2D eigenvalue weighted by molar-refractivity contribution is 5.83. The highest BCUT2D eigenvalue weighted by Gasteiger charge is 2.72. The van der Waals surface area contributed by atoms with Gasteiger partial charge in [0.1, 0.15) is 11.5 Å². The van der Waals surface area contributed by atoms with E-state index in [4.69, 9.17) is 9.47 Å². The number of benzene rings is 2. The van der Waals surface area contributed by atoms with Gasteiger partial charge >= 0.3 is 5.97 Å². The van der Waals surface area contributed by atoms with Crippen molar-refractivity contribution in [3.63, 3.8) is 0 Å². The Hall–Kier alpha value is -3.01. The average molecular weight is 537 g/mol. The molecule has 0 amide bonds. The Labute approximate surface area is 237 Å². The zero-order valence-electron chi connectivity index (χ0n) is 23.8. The number of carboxylic acids is 1. The van der Waals surface area contributed by atoms with Gasteiger partial charge in [-0.3, -0.25) is 4.79 Å². The maximum absolute atomic E-state index is 13.2. The first kappa shape index (κ1) is 24.8. The molecule has 4 heterocycles. The van der Waals surface area contributed by atoms with E-state index in [0.29, 0.717) is 18.4 Å². The van der Waals surface area contributed by atoms with Crippen LogP contribution in [0.5, 0.6) is 11.5 Å². The van der Waals surface area contributed by atoms with E-state index in [1.807, 2.05) is 0 Å². The number of carboxylic acid groups (broad SMARTS) is 1. The van der Waals surface area contributed by atoms with Crippen LogP contribution in [0.3, 0.4) is 0 Å². The van der Waals surface area contributed by atoms with Crippen molar-refractivity contribution in [2.45, 2.75) is 71.6 Å². The minimum Gasteiger partial charge on any atom is -0.494 e. The van der Waals surface area contributed by atoms with Crippen molar-refractivity contribution < 1.29 is 19.4 Å². The van der Waals surface area contributed by atoms with Gasteiger partial charge in [-0.05, 0) is 127 Å². The smallest absolute Gasteiger partial charge is 0.307 e. The second-order valence-electron chi connectivity index (χ2n) is 13.9. The molecule has 4 aliphatic carbocycles. The van der Waals surface area contributed by atoms with Gasteiger partial charge in [-0.25, -0.2) is 0 Å². The van der Waals surface area contributed by atoms with Crippen LogP contribution in [0.25, 0.3) is 11.1 Å². The largest absolute Gasteiger partial charge is 0.494 e. The van der Waals surface area contributed by atoms with E-state index < -0.39 is 5.97 Å². The molecule has 1 N–H and O–H groups in total. The van der Waals surface area contributed by atoms with Gasteiger partial charge in [0.05, 0.1) is 19.1 Å². The molecule has 8 aliphatic rings. The Morgan fingerprint density at radius 3 is 2.00 bits per heavy atom. The second kappa shape index (κ2) is 8.50. The third-order valence-electron chi connectivity index (χ3n) is 12.4. The number of ether oxygens (including phenoxy) is 2. The van der Waals surface area contributed by atoms with E-state index >= 15 is 0 Å². The van der Waals surface area contributed by atoms with Crippen LogP contribution in [0.15, 0.2) is 59.7 Å². The molecule has 40 heavy (non-hydrogen) atoms. The Balaban J connectivity index is 1.34. The monoisotopic (exact) mass is 536 g/mol. The normalized spacial score (nSPS) is 34.0.